The van der Waals surface area contributed by atoms with Gasteiger partial charge in [-0.1, -0.05) is 0 Å². The van der Waals surface area contributed by atoms with Crippen molar-refractivity contribution in [1.82, 2.24) is 20.5 Å². The van der Waals surface area contributed by atoms with Crippen molar-refractivity contribution in [2.45, 2.75) is 28.8 Å². The quantitative estimate of drug-likeness (QED) is 0.246. The minimum Gasteiger partial charge on any atom is -0.370 e. The molecule has 154 valence electrons. The third-order valence-corrected chi connectivity index (χ3v) is 8.18. The van der Waals surface area contributed by atoms with Crippen molar-refractivity contribution in [1.29, 1.82) is 0 Å². The number of amides is 1. The van der Waals surface area contributed by atoms with Crippen LogP contribution in [0.25, 0.3) is 0 Å². The Labute approximate surface area is 170 Å². The van der Waals surface area contributed by atoms with Crippen molar-refractivity contribution >= 4 is 29.4 Å². The average molecular weight is 420 g/mol. The average Bonchev–Trinajstić information content (AvgIpc) is 3.42. The van der Waals surface area contributed by atoms with Crippen LogP contribution >= 0.6 is 11.6 Å². The van der Waals surface area contributed by atoms with Crippen molar-refractivity contribution < 1.29 is 9.90 Å². The molecule has 10 N–H and O–H groups in total. The summed E-state index contributed by atoms with van der Waals surface area (Å²) in [6, 6.07) is 1.39. The number of hydrogen-bond donors (Lipinski definition) is 7. The van der Waals surface area contributed by atoms with Crippen molar-refractivity contribution in [3.8, 4) is 0 Å². The number of aromatic amines is 1. The van der Waals surface area contributed by atoms with Crippen LogP contribution in [0.4, 0.5) is 0 Å². The van der Waals surface area contributed by atoms with Gasteiger partial charge in [0.2, 0.25) is 0 Å². The molecule has 1 amide bonds. The molecule has 1 aliphatic carbocycles. The summed E-state index contributed by atoms with van der Waals surface area (Å²) in [4.78, 5) is 27.0. The standard InChI is InChI=1S/C17H22ClN9O2/c18-10-6(3-19)7-4-27-12(28)8-5(1-2-22-8)11-17(27,26-14(20)23-11)9(7)16(10)13(29)24-15(21)25-16/h1-2,6-7,9-11,13,22,29H,3-4,19H2,(H3,20,23,26)(H3,21,24,25)/t6-,7+,9?,10-,11+,13-,16+,17?/m1/s1. The molecule has 4 aliphatic heterocycles. The van der Waals surface area contributed by atoms with Crippen molar-refractivity contribution in [3.05, 3.63) is 23.5 Å². The highest BCUT2D eigenvalue weighted by Gasteiger charge is 2.78. The van der Waals surface area contributed by atoms with Gasteiger partial charge in [0, 0.05) is 24.2 Å². The van der Waals surface area contributed by atoms with Gasteiger partial charge >= 0.3 is 0 Å². The molecule has 5 heterocycles. The van der Waals surface area contributed by atoms with E-state index in [-0.39, 0.29) is 35.6 Å². The molecule has 1 saturated heterocycles. The molecule has 11 nitrogen and oxygen atoms in total. The molecular formula is C17H22ClN9O2. The van der Waals surface area contributed by atoms with Gasteiger partial charge in [-0.2, -0.15) is 0 Å². The zero-order valence-corrected chi connectivity index (χ0v) is 16.1. The van der Waals surface area contributed by atoms with Gasteiger partial charge in [-0.15, -0.1) is 11.6 Å². The van der Waals surface area contributed by atoms with Crippen LogP contribution in [0.3, 0.4) is 0 Å². The summed E-state index contributed by atoms with van der Waals surface area (Å²) < 4.78 is 0. The second-order valence-electron chi connectivity index (χ2n) is 8.48. The summed E-state index contributed by atoms with van der Waals surface area (Å²) in [7, 11) is 0. The maximum absolute atomic E-state index is 13.4. The molecule has 5 aliphatic rings. The molecule has 0 radical (unpaired) electrons. The number of nitrogens with zero attached hydrogens (tertiary/aromatic N) is 3. The Morgan fingerprint density at radius 3 is 2.76 bits per heavy atom. The zero-order valence-electron chi connectivity index (χ0n) is 15.3. The number of carbonyl (C=O) groups excluding carboxylic acids is 1. The second kappa shape index (κ2) is 5.15. The number of H-pyrrole nitrogens is 1. The summed E-state index contributed by atoms with van der Waals surface area (Å²) in [5.74, 6) is -0.446. The number of hydrogen-bond acceptors (Lipinski definition) is 9. The predicted octanol–water partition coefficient (Wildman–Crippen LogP) is -2.46. The van der Waals surface area contributed by atoms with Gasteiger partial charge in [0.1, 0.15) is 22.9 Å². The minimum absolute atomic E-state index is 0.102. The Bertz CT molecular complexity index is 993. The van der Waals surface area contributed by atoms with Gasteiger partial charge in [0.05, 0.1) is 5.38 Å². The molecule has 1 saturated carbocycles. The van der Waals surface area contributed by atoms with Gasteiger partial charge in [0.15, 0.2) is 18.1 Å². The lowest BCUT2D eigenvalue weighted by Gasteiger charge is -2.51. The van der Waals surface area contributed by atoms with Crippen LogP contribution < -0.4 is 27.8 Å². The normalized spacial score (nSPS) is 46.6. The predicted molar refractivity (Wildman–Crippen MR) is 105 cm³/mol. The molecule has 1 aromatic heterocycles. The van der Waals surface area contributed by atoms with Gasteiger partial charge in [-0.05, 0) is 24.4 Å². The van der Waals surface area contributed by atoms with E-state index in [0.717, 1.165) is 5.56 Å². The lowest BCUT2D eigenvalue weighted by atomic mass is 9.70. The molecule has 2 spiro atoms. The van der Waals surface area contributed by atoms with Crippen molar-refractivity contribution in [3.63, 3.8) is 0 Å². The van der Waals surface area contributed by atoms with Crippen LogP contribution in [0.1, 0.15) is 22.1 Å². The van der Waals surface area contributed by atoms with Gasteiger partial charge in [-0.25, -0.2) is 9.98 Å². The number of aliphatic imine (C=N–C) groups is 2. The van der Waals surface area contributed by atoms with Crippen LogP contribution in [0.2, 0.25) is 0 Å². The molecular weight excluding hydrogens is 398 g/mol. The highest BCUT2D eigenvalue weighted by molar-refractivity contribution is 6.22. The Hall–Kier alpha value is -2.50. The number of carbonyl (C=O) groups is 1. The summed E-state index contributed by atoms with van der Waals surface area (Å²) in [6.07, 6.45) is 0.539. The summed E-state index contributed by atoms with van der Waals surface area (Å²) in [5, 5.41) is 16.9. The Kier molecular flexibility index (Phi) is 3.09. The van der Waals surface area contributed by atoms with E-state index in [1.54, 1.807) is 11.1 Å². The zero-order chi connectivity index (χ0) is 20.3. The number of fused-ring (bicyclic) bond motifs is 4. The molecule has 2 unspecified atom stereocenters. The van der Waals surface area contributed by atoms with Crippen LogP contribution in [-0.2, 0) is 0 Å². The van der Waals surface area contributed by atoms with E-state index in [1.807, 2.05) is 6.07 Å². The number of halogens is 1. The molecule has 1 aromatic rings. The maximum Gasteiger partial charge on any atom is 0.272 e. The molecule has 12 heteroatoms. The van der Waals surface area contributed by atoms with Crippen LogP contribution in [0.5, 0.6) is 0 Å². The highest BCUT2D eigenvalue weighted by Crippen LogP contribution is 2.64. The number of aliphatic hydroxyl groups excluding tert-OH is 1. The SMILES string of the molecule is NC[C@@H]1[C@@H]2CN3C(=O)c4[nH]ccc4[C@@H]4N=C(N)NC43C2[C@]2(NC(N)=N[C@@H]2O)[C@@H]1Cl. The number of nitrogens with one attached hydrogen (secondary N) is 3. The Balaban J connectivity index is 1.60. The second-order valence-corrected chi connectivity index (χ2v) is 8.95. The van der Waals surface area contributed by atoms with E-state index in [2.05, 4.69) is 25.6 Å². The van der Waals surface area contributed by atoms with Gasteiger partial charge in [0.25, 0.3) is 5.91 Å². The first-order valence-electron chi connectivity index (χ1n) is 9.60. The van der Waals surface area contributed by atoms with E-state index in [1.165, 1.54) is 0 Å². The van der Waals surface area contributed by atoms with Gasteiger partial charge < -0.3 is 42.8 Å². The molecule has 2 fully saturated rings. The number of guanidine groups is 2. The molecule has 8 atom stereocenters. The Morgan fingerprint density at radius 2 is 2.07 bits per heavy atom. The van der Waals surface area contributed by atoms with E-state index in [0.29, 0.717) is 18.8 Å². The fraction of sp³-hybridized carbons (Fsp3) is 0.588. The smallest absolute Gasteiger partial charge is 0.272 e. The van der Waals surface area contributed by atoms with Gasteiger partial charge in [-0.3, -0.25) is 4.79 Å². The first kappa shape index (κ1) is 17.4. The summed E-state index contributed by atoms with van der Waals surface area (Å²) in [5.41, 5.74) is 17.4. The molecule has 29 heavy (non-hydrogen) atoms. The lowest BCUT2D eigenvalue weighted by molar-refractivity contribution is -0.0123. The molecule has 0 aromatic carbocycles. The largest absolute Gasteiger partial charge is 0.370 e. The van der Waals surface area contributed by atoms with Crippen molar-refractivity contribution in [2.24, 2.45) is 44.9 Å². The monoisotopic (exact) mass is 419 g/mol. The number of aromatic nitrogens is 1. The van der Waals surface area contributed by atoms with Crippen molar-refractivity contribution in [2.75, 3.05) is 13.1 Å². The third-order valence-electron chi connectivity index (χ3n) is 7.49. The van der Waals surface area contributed by atoms with E-state index in [4.69, 9.17) is 28.8 Å². The Morgan fingerprint density at radius 1 is 1.31 bits per heavy atom. The maximum atomic E-state index is 13.4. The first-order chi connectivity index (χ1) is 13.9. The lowest BCUT2D eigenvalue weighted by Crippen LogP contribution is -2.73. The molecule has 6 rings (SSSR count). The van der Waals surface area contributed by atoms with Crippen LogP contribution in [0, 0.1) is 17.8 Å². The topological polar surface area (TPSA) is 183 Å². The van der Waals surface area contributed by atoms with Crippen LogP contribution in [-0.4, -0.2) is 68.7 Å². The number of nitrogens with two attached hydrogens (primary N) is 3. The summed E-state index contributed by atoms with van der Waals surface area (Å²) in [6.45, 7) is 0.713. The number of aliphatic hydroxyl groups is 1. The summed E-state index contributed by atoms with van der Waals surface area (Å²) >= 11 is 6.94. The number of alkyl halides is 1. The molecule has 0 bridgehead atoms. The first-order valence-corrected chi connectivity index (χ1v) is 10.0. The van der Waals surface area contributed by atoms with E-state index >= 15 is 0 Å². The fourth-order valence-electron chi connectivity index (χ4n) is 6.60. The third kappa shape index (κ3) is 1.68. The highest BCUT2D eigenvalue weighted by atomic mass is 35.5. The van der Waals surface area contributed by atoms with E-state index in [9.17, 15) is 9.90 Å². The number of rotatable bonds is 1. The minimum atomic E-state index is -1.18. The fourth-order valence-corrected chi connectivity index (χ4v) is 7.19. The van der Waals surface area contributed by atoms with E-state index < -0.39 is 28.8 Å². The van der Waals surface area contributed by atoms with Crippen LogP contribution in [0.15, 0.2) is 22.2 Å².